The topological polar surface area (TPSA) is 28.2 Å². The summed E-state index contributed by atoms with van der Waals surface area (Å²) in [5.41, 5.74) is 0. The third-order valence-corrected chi connectivity index (χ3v) is 4.56. The first kappa shape index (κ1) is 9.60. The molecule has 3 nitrogen and oxygen atoms in total. The van der Waals surface area contributed by atoms with Gasteiger partial charge in [-0.1, -0.05) is 0 Å². The summed E-state index contributed by atoms with van der Waals surface area (Å²) in [6, 6.07) is 2.26. The lowest BCUT2D eigenvalue weighted by molar-refractivity contribution is 0.169. The molecule has 2 saturated heterocycles. The Labute approximate surface area is 94.5 Å². The van der Waals surface area contributed by atoms with Crippen molar-refractivity contribution >= 4 is 16.5 Å². The second kappa shape index (κ2) is 3.76. The van der Waals surface area contributed by atoms with Crippen LogP contribution in [0.15, 0.2) is 11.6 Å². The van der Waals surface area contributed by atoms with Gasteiger partial charge in [-0.3, -0.25) is 0 Å². The fraction of sp³-hybridized carbons (Fsp3) is 0.727. The highest BCUT2D eigenvalue weighted by atomic mass is 32.1. The molecule has 2 aliphatic rings. The van der Waals surface area contributed by atoms with Gasteiger partial charge in [-0.05, 0) is 32.7 Å². The van der Waals surface area contributed by atoms with Crippen molar-refractivity contribution in [2.45, 2.75) is 43.8 Å². The monoisotopic (exact) mass is 223 g/mol. The summed E-state index contributed by atoms with van der Waals surface area (Å²) in [4.78, 5) is 6.86. The van der Waals surface area contributed by atoms with Gasteiger partial charge in [0.25, 0.3) is 0 Å². The highest BCUT2D eigenvalue weighted by Crippen LogP contribution is 2.35. The summed E-state index contributed by atoms with van der Waals surface area (Å²) >= 11 is 1.70. The van der Waals surface area contributed by atoms with Gasteiger partial charge in [0.1, 0.15) is 0 Å². The van der Waals surface area contributed by atoms with Crippen molar-refractivity contribution in [3.05, 3.63) is 11.6 Å². The summed E-state index contributed by atoms with van der Waals surface area (Å²) in [5, 5.41) is 6.68. The number of fused-ring (bicyclic) bond motifs is 2. The lowest BCUT2D eigenvalue weighted by Gasteiger charge is -2.36. The van der Waals surface area contributed by atoms with Crippen LogP contribution in [-0.2, 0) is 0 Å². The summed E-state index contributed by atoms with van der Waals surface area (Å²) in [5.74, 6) is 0. The average Bonchev–Trinajstić information content (AvgIpc) is 2.76. The smallest absolute Gasteiger partial charge is 0.182 e. The van der Waals surface area contributed by atoms with Crippen molar-refractivity contribution in [3.63, 3.8) is 0 Å². The van der Waals surface area contributed by atoms with Gasteiger partial charge >= 0.3 is 0 Å². The molecule has 0 aromatic carbocycles. The molecule has 3 heterocycles. The fourth-order valence-corrected chi connectivity index (χ4v) is 3.61. The zero-order valence-electron chi connectivity index (χ0n) is 9.02. The van der Waals surface area contributed by atoms with Gasteiger partial charge < -0.3 is 10.2 Å². The Bertz CT molecular complexity index is 311. The number of nitrogens with one attached hydrogen (secondary N) is 1. The van der Waals surface area contributed by atoms with Gasteiger partial charge in [0.05, 0.1) is 0 Å². The zero-order valence-corrected chi connectivity index (χ0v) is 9.83. The molecule has 1 N–H and O–H groups in total. The largest absolute Gasteiger partial charge is 0.359 e. The van der Waals surface area contributed by atoms with Crippen LogP contribution in [0.5, 0.6) is 0 Å². The van der Waals surface area contributed by atoms with Crippen LogP contribution in [0.4, 0.5) is 5.13 Å². The molecule has 3 rings (SSSR count). The van der Waals surface area contributed by atoms with Crippen molar-refractivity contribution in [3.8, 4) is 0 Å². The van der Waals surface area contributed by atoms with Gasteiger partial charge in [-0.2, -0.15) is 0 Å². The number of hydrogen-bond acceptors (Lipinski definition) is 4. The number of piperidine rings is 1. The minimum Gasteiger partial charge on any atom is -0.359 e. The quantitative estimate of drug-likeness (QED) is 0.833. The summed E-state index contributed by atoms with van der Waals surface area (Å²) in [6.45, 7) is 0. The third-order valence-electron chi connectivity index (χ3n) is 3.86. The van der Waals surface area contributed by atoms with E-state index in [0.717, 1.165) is 17.2 Å². The summed E-state index contributed by atoms with van der Waals surface area (Å²) in [6.07, 6.45) is 7.21. The van der Waals surface area contributed by atoms with Crippen LogP contribution in [0.25, 0.3) is 0 Å². The molecule has 1 aromatic rings. The third kappa shape index (κ3) is 1.76. The van der Waals surface area contributed by atoms with E-state index in [1.165, 1.54) is 25.7 Å². The van der Waals surface area contributed by atoms with Crippen LogP contribution in [0, 0.1) is 0 Å². The van der Waals surface area contributed by atoms with E-state index >= 15 is 0 Å². The molecule has 2 atom stereocenters. The van der Waals surface area contributed by atoms with Crippen molar-refractivity contribution in [2.75, 3.05) is 12.4 Å². The molecule has 0 saturated carbocycles. The first-order chi connectivity index (χ1) is 7.33. The van der Waals surface area contributed by atoms with Crippen LogP contribution < -0.4 is 5.32 Å². The highest BCUT2D eigenvalue weighted by molar-refractivity contribution is 7.13. The minimum atomic E-state index is 0.643. The standard InChI is InChI=1S/C11H17N3S/c1-14-9-2-3-10(14)7-8(6-9)13-11-12-4-5-15-11/h4-5,8-10H,2-3,6-7H2,1H3,(H,12,13). The van der Waals surface area contributed by atoms with Crippen molar-refractivity contribution in [1.82, 2.24) is 9.88 Å². The number of thiazole rings is 1. The molecule has 82 valence electrons. The Kier molecular flexibility index (Phi) is 2.41. The number of nitrogens with zero attached hydrogens (tertiary/aromatic N) is 2. The molecule has 2 aliphatic heterocycles. The molecule has 0 aliphatic carbocycles. The molecule has 2 fully saturated rings. The molecule has 1 aromatic heterocycles. The average molecular weight is 223 g/mol. The normalized spacial score (nSPS) is 35.7. The van der Waals surface area contributed by atoms with Crippen molar-refractivity contribution < 1.29 is 0 Å². The van der Waals surface area contributed by atoms with E-state index in [1.54, 1.807) is 11.3 Å². The Balaban J connectivity index is 1.65. The molecule has 0 spiro atoms. The Morgan fingerprint density at radius 1 is 1.40 bits per heavy atom. The van der Waals surface area contributed by atoms with Gasteiger partial charge in [0.2, 0.25) is 0 Å². The van der Waals surface area contributed by atoms with E-state index in [1.807, 2.05) is 11.6 Å². The maximum absolute atomic E-state index is 4.29. The SMILES string of the molecule is CN1C2CCC1CC(Nc1nccs1)C2. The second-order valence-electron chi connectivity index (χ2n) is 4.70. The van der Waals surface area contributed by atoms with Crippen molar-refractivity contribution in [2.24, 2.45) is 0 Å². The van der Waals surface area contributed by atoms with Crippen LogP contribution in [-0.4, -0.2) is 35.1 Å². The maximum atomic E-state index is 4.29. The number of hydrogen-bond donors (Lipinski definition) is 1. The first-order valence-corrected chi connectivity index (χ1v) is 6.59. The highest BCUT2D eigenvalue weighted by Gasteiger charge is 2.38. The van der Waals surface area contributed by atoms with Gasteiger partial charge in [0.15, 0.2) is 5.13 Å². The number of rotatable bonds is 2. The molecule has 2 bridgehead atoms. The molecule has 4 heteroatoms. The maximum Gasteiger partial charge on any atom is 0.182 e. The van der Waals surface area contributed by atoms with Gasteiger partial charge in [-0.15, -0.1) is 11.3 Å². The Morgan fingerprint density at radius 2 is 2.13 bits per heavy atom. The second-order valence-corrected chi connectivity index (χ2v) is 5.59. The van der Waals surface area contributed by atoms with Crippen LogP contribution in [0.2, 0.25) is 0 Å². The van der Waals surface area contributed by atoms with Gasteiger partial charge in [0, 0.05) is 29.7 Å². The number of aromatic nitrogens is 1. The molecular weight excluding hydrogens is 206 g/mol. The van der Waals surface area contributed by atoms with Crippen LogP contribution in [0.3, 0.4) is 0 Å². The molecule has 15 heavy (non-hydrogen) atoms. The number of anilines is 1. The van der Waals surface area contributed by atoms with Gasteiger partial charge in [-0.25, -0.2) is 4.98 Å². The minimum absolute atomic E-state index is 0.643. The molecule has 0 amide bonds. The van der Waals surface area contributed by atoms with E-state index in [0.29, 0.717) is 6.04 Å². The Morgan fingerprint density at radius 3 is 2.73 bits per heavy atom. The summed E-state index contributed by atoms with van der Waals surface area (Å²) in [7, 11) is 2.28. The van der Waals surface area contributed by atoms with E-state index in [2.05, 4.69) is 22.2 Å². The fourth-order valence-electron chi connectivity index (χ4n) is 3.00. The predicted octanol–water partition coefficient (Wildman–Crippen LogP) is 2.18. The van der Waals surface area contributed by atoms with Crippen LogP contribution in [0.1, 0.15) is 25.7 Å². The first-order valence-electron chi connectivity index (χ1n) is 5.71. The predicted molar refractivity (Wildman–Crippen MR) is 63.3 cm³/mol. The van der Waals surface area contributed by atoms with E-state index in [-0.39, 0.29) is 0 Å². The lowest BCUT2D eigenvalue weighted by Crippen LogP contribution is -2.44. The van der Waals surface area contributed by atoms with Crippen molar-refractivity contribution in [1.29, 1.82) is 0 Å². The molecular formula is C11H17N3S. The molecule has 0 radical (unpaired) electrons. The molecule has 2 unspecified atom stereocenters. The Hall–Kier alpha value is -0.610. The van der Waals surface area contributed by atoms with E-state index in [4.69, 9.17) is 0 Å². The lowest BCUT2D eigenvalue weighted by atomic mass is 9.98. The summed E-state index contributed by atoms with van der Waals surface area (Å²) < 4.78 is 0. The van der Waals surface area contributed by atoms with E-state index < -0.39 is 0 Å². The zero-order chi connectivity index (χ0) is 10.3. The van der Waals surface area contributed by atoms with E-state index in [9.17, 15) is 0 Å². The van der Waals surface area contributed by atoms with Crippen LogP contribution >= 0.6 is 11.3 Å².